The zero-order valence-corrected chi connectivity index (χ0v) is 17.5. The molecule has 3 rings (SSSR count). The molecule has 0 unspecified atom stereocenters. The molecule has 0 atom stereocenters. The van der Waals surface area contributed by atoms with Crippen LogP contribution in [0.4, 0.5) is 0 Å². The normalized spacial score (nSPS) is 15.4. The van der Waals surface area contributed by atoms with Gasteiger partial charge >= 0.3 is 0 Å². The van der Waals surface area contributed by atoms with Gasteiger partial charge in [0, 0.05) is 6.54 Å². The zero-order valence-electron chi connectivity index (χ0n) is 15.2. The van der Waals surface area contributed by atoms with Gasteiger partial charge in [0.05, 0.1) is 10.0 Å². The third-order valence-electron chi connectivity index (χ3n) is 4.06. The van der Waals surface area contributed by atoms with Gasteiger partial charge < -0.3 is 4.74 Å². The lowest BCUT2D eigenvalue weighted by Crippen LogP contribution is -2.53. The van der Waals surface area contributed by atoms with E-state index in [9.17, 15) is 9.59 Å². The zero-order chi connectivity index (χ0) is 21.0. The van der Waals surface area contributed by atoms with Crippen molar-refractivity contribution < 1.29 is 14.3 Å². The Morgan fingerprint density at radius 2 is 1.79 bits per heavy atom. The van der Waals surface area contributed by atoms with Gasteiger partial charge in [-0.15, -0.1) is 6.58 Å². The first-order valence-electron chi connectivity index (χ1n) is 8.56. The minimum Gasteiger partial charge on any atom is -0.486 e. The van der Waals surface area contributed by atoms with Gasteiger partial charge in [-0.1, -0.05) is 59.6 Å². The van der Waals surface area contributed by atoms with Crippen LogP contribution in [0, 0.1) is 0 Å². The summed E-state index contributed by atoms with van der Waals surface area (Å²) in [5.41, 5.74) is 1.37. The van der Waals surface area contributed by atoms with Crippen molar-refractivity contribution >= 4 is 58.4 Å². The minimum atomic E-state index is -0.586. The molecule has 0 aliphatic carbocycles. The highest BCUT2D eigenvalue weighted by atomic mass is 35.5. The van der Waals surface area contributed by atoms with Gasteiger partial charge in [0.1, 0.15) is 12.2 Å². The second-order valence-electron chi connectivity index (χ2n) is 6.11. The fourth-order valence-electron chi connectivity index (χ4n) is 2.69. The molecule has 8 heteroatoms. The molecule has 2 aromatic carbocycles. The van der Waals surface area contributed by atoms with Crippen LogP contribution in [0.1, 0.15) is 11.1 Å². The van der Waals surface area contributed by atoms with Crippen LogP contribution in [0.25, 0.3) is 6.08 Å². The van der Waals surface area contributed by atoms with E-state index in [1.54, 1.807) is 12.1 Å². The molecule has 1 heterocycles. The molecule has 1 N–H and O–H groups in total. The maximum absolute atomic E-state index is 12.6. The third kappa shape index (κ3) is 4.85. The predicted molar refractivity (Wildman–Crippen MR) is 118 cm³/mol. The predicted octanol–water partition coefficient (Wildman–Crippen LogP) is 4.39. The van der Waals surface area contributed by atoms with E-state index in [1.165, 1.54) is 17.1 Å². The standard InChI is InChI=1S/C21H16Cl2N2O3S/c1-2-8-25-20(27)15(19(26)24-21(25)29)9-14-10-16(22)18(17(23)11-14)28-12-13-6-4-3-5-7-13/h2-7,9-11H,1,8,12H2,(H,24,26,29). The van der Waals surface area contributed by atoms with Crippen LogP contribution in [0.5, 0.6) is 5.75 Å². The third-order valence-corrected chi connectivity index (χ3v) is 4.94. The molecule has 29 heavy (non-hydrogen) atoms. The van der Waals surface area contributed by atoms with Gasteiger partial charge in [0.25, 0.3) is 11.8 Å². The highest BCUT2D eigenvalue weighted by Gasteiger charge is 2.32. The van der Waals surface area contributed by atoms with Crippen LogP contribution in [0.15, 0.2) is 60.7 Å². The Morgan fingerprint density at radius 3 is 2.41 bits per heavy atom. The number of carbonyl (C=O) groups excluding carboxylic acids is 2. The molecule has 2 aromatic rings. The van der Waals surface area contributed by atoms with Crippen LogP contribution in [-0.4, -0.2) is 28.4 Å². The van der Waals surface area contributed by atoms with E-state index in [0.717, 1.165) is 5.56 Å². The van der Waals surface area contributed by atoms with E-state index in [-0.39, 0.29) is 27.3 Å². The molecule has 0 aromatic heterocycles. The monoisotopic (exact) mass is 446 g/mol. The molecule has 0 saturated carbocycles. The largest absolute Gasteiger partial charge is 0.486 e. The smallest absolute Gasteiger partial charge is 0.265 e. The molecule has 0 radical (unpaired) electrons. The average Bonchev–Trinajstić information content (AvgIpc) is 2.68. The summed E-state index contributed by atoms with van der Waals surface area (Å²) < 4.78 is 5.74. The van der Waals surface area contributed by atoms with Gasteiger partial charge in [-0.2, -0.15) is 0 Å². The number of benzene rings is 2. The van der Waals surface area contributed by atoms with Gasteiger partial charge in [-0.25, -0.2) is 0 Å². The topological polar surface area (TPSA) is 58.6 Å². The van der Waals surface area contributed by atoms with Gasteiger partial charge in [0.2, 0.25) is 0 Å². The summed E-state index contributed by atoms with van der Waals surface area (Å²) in [6, 6.07) is 12.7. The molecule has 148 valence electrons. The number of halogens is 2. The quantitative estimate of drug-likeness (QED) is 0.309. The fraction of sp³-hybridized carbons (Fsp3) is 0.0952. The van der Waals surface area contributed by atoms with Crippen molar-refractivity contribution in [2.24, 2.45) is 0 Å². The lowest BCUT2D eigenvalue weighted by atomic mass is 10.1. The number of hydrogen-bond donors (Lipinski definition) is 1. The lowest BCUT2D eigenvalue weighted by molar-refractivity contribution is -0.128. The SMILES string of the molecule is C=CCN1C(=O)C(=Cc2cc(Cl)c(OCc3ccccc3)c(Cl)c2)C(=O)NC1=S. The molecule has 5 nitrogen and oxygen atoms in total. The highest BCUT2D eigenvalue weighted by Crippen LogP contribution is 2.35. The first kappa shape index (κ1) is 21.0. The number of rotatable bonds is 6. The number of carbonyl (C=O) groups is 2. The van der Waals surface area contributed by atoms with Crippen molar-refractivity contribution in [1.82, 2.24) is 10.2 Å². The molecule has 0 spiro atoms. The Bertz CT molecular complexity index is 999. The molecule has 1 aliphatic heterocycles. The van der Waals surface area contributed by atoms with Gasteiger partial charge in [-0.05, 0) is 41.6 Å². The summed E-state index contributed by atoms with van der Waals surface area (Å²) in [6.45, 7) is 4.07. The molecular weight excluding hydrogens is 431 g/mol. The van der Waals surface area contributed by atoms with E-state index in [2.05, 4.69) is 11.9 Å². The summed E-state index contributed by atoms with van der Waals surface area (Å²) in [4.78, 5) is 26.1. The van der Waals surface area contributed by atoms with Crippen molar-refractivity contribution in [3.05, 3.63) is 81.9 Å². The van der Waals surface area contributed by atoms with E-state index < -0.39 is 11.8 Å². The van der Waals surface area contributed by atoms with Crippen LogP contribution >= 0.6 is 35.4 Å². The first-order valence-corrected chi connectivity index (χ1v) is 9.72. The van der Waals surface area contributed by atoms with E-state index >= 15 is 0 Å². The highest BCUT2D eigenvalue weighted by molar-refractivity contribution is 7.80. The van der Waals surface area contributed by atoms with E-state index in [0.29, 0.717) is 17.9 Å². The van der Waals surface area contributed by atoms with Crippen molar-refractivity contribution in [3.63, 3.8) is 0 Å². The van der Waals surface area contributed by atoms with Crippen molar-refractivity contribution in [1.29, 1.82) is 0 Å². The van der Waals surface area contributed by atoms with E-state index in [1.807, 2.05) is 30.3 Å². The van der Waals surface area contributed by atoms with Gasteiger partial charge in [0.15, 0.2) is 10.9 Å². The summed E-state index contributed by atoms with van der Waals surface area (Å²) in [5.74, 6) is -0.777. The fourth-order valence-corrected chi connectivity index (χ4v) is 3.55. The molecular formula is C21H16Cl2N2O3S. The summed E-state index contributed by atoms with van der Waals surface area (Å²) >= 11 is 17.7. The van der Waals surface area contributed by atoms with Crippen molar-refractivity contribution in [2.75, 3.05) is 6.54 Å². The second-order valence-corrected chi connectivity index (χ2v) is 7.31. The minimum absolute atomic E-state index is 0.0396. The Labute approximate surface area is 183 Å². The Hall–Kier alpha value is -2.67. The van der Waals surface area contributed by atoms with Gasteiger partial charge in [-0.3, -0.25) is 19.8 Å². The summed E-state index contributed by atoms with van der Waals surface area (Å²) in [7, 11) is 0. The Balaban J connectivity index is 1.85. The number of hydrogen-bond acceptors (Lipinski definition) is 4. The molecule has 1 saturated heterocycles. The summed E-state index contributed by atoms with van der Waals surface area (Å²) in [6.07, 6.45) is 2.93. The van der Waals surface area contributed by atoms with Crippen LogP contribution in [-0.2, 0) is 16.2 Å². The van der Waals surface area contributed by atoms with Crippen molar-refractivity contribution in [2.45, 2.75) is 6.61 Å². The molecule has 0 bridgehead atoms. The molecule has 2 amide bonds. The Kier molecular flexibility index (Phi) is 6.69. The number of nitrogens with one attached hydrogen (secondary N) is 1. The Morgan fingerprint density at radius 1 is 1.14 bits per heavy atom. The maximum Gasteiger partial charge on any atom is 0.265 e. The lowest BCUT2D eigenvalue weighted by Gasteiger charge is -2.27. The van der Waals surface area contributed by atoms with E-state index in [4.69, 9.17) is 40.2 Å². The first-order chi connectivity index (χ1) is 13.9. The molecule has 1 aliphatic rings. The van der Waals surface area contributed by atoms with Crippen molar-refractivity contribution in [3.8, 4) is 5.75 Å². The second kappa shape index (κ2) is 9.22. The summed E-state index contributed by atoms with van der Waals surface area (Å²) in [5, 5.41) is 3.06. The molecule has 1 fully saturated rings. The number of thiocarbonyl (C=S) groups is 1. The number of nitrogens with zero attached hydrogens (tertiary/aromatic N) is 1. The maximum atomic E-state index is 12.6. The number of ether oxygens (including phenoxy) is 1. The van der Waals surface area contributed by atoms with Crippen LogP contribution < -0.4 is 10.1 Å². The average molecular weight is 447 g/mol. The van der Waals surface area contributed by atoms with Crippen LogP contribution in [0.3, 0.4) is 0 Å². The number of amides is 2. The van der Waals surface area contributed by atoms with Crippen LogP contribution in [0.2, 0.25) is 10.0 Å².